The lowest BCUT2D eigenvalue weighted by atomic mass is 10.1. The van der Waals surface area contributed by atoms with Crippen LogP contribution >= 0.6 is 0 Å². The molecule has 0 aromatic carbocycles. The normalized spacial score (nSPS) is 21.4. The summed E-state index contributed by atoms with van der Waals surface area (Å²) in [5.74, 6) is 0.0838. The molecule has 1 aliphatic rings. The molecule has 2 heterocycles. The zero-order chi connectivity index (χ0) is 18.8. The Labute approximate surface area is 151 Å². The molecule has 1 aromatic rings. The predicted octanol–water partition coefficient (Wildman–Crippen LogP) is 1.91. The van der Waals surface area contributed by atoms with Gasteiger partial charge in [-0.2, -0.15) is 0 Å². The van der Waals surface area contributed by atoms with Crippen LogP contribution in [0.15, 0.2) is 18.5 Å². The van der Waals surface area contributed by atoms with Crippen LogP contribution in [0.2, 0.25) is 0 Å². The Morgan fingerprint density at radius 2 is 1.92 bits per heavy atom. The minimum atomic E-state index is -0.149. The summed E-state index contributed by atoms with van der Waals surface area (Å²) in [5.41, 5.74) is 0.615. The molecule has 1 aromatic heterocycles. The molecule has 1 aliphatic heterocycles. The maximum atomic E-state index is 12.6. The summed E-state index contributed by atoms with van der Waals surface area (Å²) in [5, 5.41) is 3.09. The number of amides is 2. The Kier molecular flexibility index (Phi) is 5.93. The van der Waals surface area contributed by atoms with Crippen molar-refractivity contribution in [3.05, 3.63) is 24.0 Å². The monoisotopic (exact) mass is 348 g/mol. The van der Waals surface area contributed by atoms with E-state index in [1.165, 1.54) is 0 Å². The summed E-state index contributed by atoms with van der Waals surface area (Å²) in [6.07, 6.45) is 4.48. The number of aromatic nitrogens is 1. The van der Waals surface area contributed by atoms with E-state index in [1.54, 1.807) is 0 Å². The van der Waals surface area contributed by atoms with Gasteiger partial charge in [-0.1, -0.05) is 0 Å². The van der Waals surface area contributed by atoms with Gasteiger partial charge in [0, 0.05) is 43.6 Å². The summed E-state index contributed by atoms with van der Waals surface area (Å²) in [6.45, 7) is 12.4. The van der Waals surface area contributed by atoms with Gasteiger partial charge in [0.15, 0.2) is 0 Å². The van der Waals surface area contributed by atoms with Gasteiger partial charge in [-0.3, -0.25) is 14.5 Å². The van der Waals surface area contributed by atoms with E-state index in [0.29, 0.717) is 18.5 Å². The number of rotatable bonds is 5. The fourth-order valence-corrected chi connectivity index (χ4v) is 3.36. The first-order valence-electron chi connectivity index (χ1n) is 9.15. The lowest BCUT2D eigenvalue weighted by Crippen LogP contribution is -2.44. The number of nitrogens with zero attached hydrogens (tertiary/aromatic N) is 3. The molecular weight excluding hydrogens is 316 g/mol. The Bertz CT molecular complexity index is 613. The van der Waals surface area contributed by atoms with Crippen LogP contribution in [0.5, 0.6) is 0 Å². The molecule has 1 saturated heterocycles. The third-order valence-electron chi connectivity index (χ3n) is 4.97. The van der Waals surface area contributed by atoms with Crippen LogP contribution in [0.3, 0.4) is 0 Å². The van der Waals surface area contributed by atoms with Gasteiger partial charge in [-0.15, -0.1) is 0 Å². The number of hydrogen-bond donors (Lipinski definition) is 1. The van der Waals surface area contributed by atoms with Crippen molar-refractivity contribution in [2.75, 3.05) is 26.7 Å². The molecule has 2 amide bonds. The predicted molar refractivity (Wildman–Crippen MR) is 99.6 cm³/mol. The average molecular weight is 348 g/mol. The first-order chi connectivity index (χ1) is 11.7. The Hall–Kier alpha value is -1.82. The van der Waals surface area contributed by atoms with Crippen LogP contribution in [0.25, 0.3) is 0 Å². The third kappa shape index (κ3) is 4.42. The van der Waals surface area contributed by atoms with Crippen molar-refractivity contribution in [1.82, 2.24) is 19.7 Å². The molecule has 0 saturated carbocycles. The summed E-state index contributed by atoms with van der Waals surface area (Å²) in [4.78, 5) is 29.0. The van der Waals surface area contributed by atoms with Gasteiger partial charge < -0.3 is 14.8 Å². The van der Waals surface area contributed by atoms with Crippen LogP contribution in [-0.2, 0) is 10.3 Å². The molecule has 0 unspecified atom stereocenters. The van der Waals surface area contributed by atoms with E-state index in [2.05, 4.69) is 26.1 Å². The molecule has 0 aliphatic carbocycles. The van der Waals surface area contributed by atoms with Gasteiger partial charge in [-0.05, 0) is 54.2 Å². The van der Waals surface area contributed by atoms with Crippen LogP contribution in [0.4, 0.5) is 0 Å². The number of nitrogens with one attached hydrogen (secondary N) is 1. The number of carbonyl (C=O) groups is 2. The van der Waals surface area contributed by atoms with E-state index in [9.17, 15) is 9.59 Å². The maximum Gasteiger partial charge on any atom is 0.253 e. The molecule has 1 N–H and O–H groups in total. The molecular formula is C19H32N4O2. The highest BCUT2D eigenvalue weighted by Gasteiger charge is 2.36. The van der Waals surface area contributed by atoms with E-state index in [4.69, 9.17) is 0 Å². The van der Waals surface area contributed by atoms with E-state index in [-0.39, 0.29) is 29.4 Å². The van der Waals surface area contributed by atoms with E-state index >= 15 is 0 Å². The summed E-state index contributed by atoms with van der Waals surface area (Å²) in [7, 11) is 1.95. The fraction of sp³-hybridized carbons (Fsp3) is 0.684. The number of likely N-dealkylation sites (N-methyl/N-ethyl adjacent to an activating group) is 2. The van der Waals surface area contributed by atoms with Crippen LogP contribution in [0.1, 0.15) is 51.4 Å². The second-order valence-electron chi connectivity index (χ2n) is 7.85. The molecule has 25 heavy (non-hydrogen) atoms. The van der Waals surface area contributed by atoms with Crippen molar-refractivity contribution in [2.24, 2.45) is 0 Å². The first-order valence-corrected chi connectivity index (χ1v) is 9.15. The molecule has 0 bridgehead atoms. The Balaban J connectivity index is 1.99. The summed E-state index contributed by atoms with van der Waals surface area (Å²) >= 11 is 0. The molecule has 2 rings (SSSR count). The van der Waals surface area contributed by atoms with Gasteiger partial charge in [0.25, 0.3) is 5.91 Å². The van der Waals surface area contributed by atoms with Crippen molar-refractivity contribution >= 4 is 11.8 Å². The van der Waals surface area contributed by atoms with Crippen LogP contribution in [-0.4, -0.2) is 64.9 Å². The maximum absolute atomic E-state index is 12.6. The highest BCUT2D eigenvalue weighted by Crippen LogP contribution is 2.20. The second kappa shape index (κ2) is 7.60. The smallest absolute Gasteiger partial charge is 0.253 e. The quantitative estimate of drug-likeness (QED) is 0.884. The molecule has 6 nitrogen and oxygen atoms in total. The summed E-state index contributed by atoms with van der Waals surface area (Å²) < 4.78 is 2.04. The van der Waals surface area contributed by atoms with Gasteiger partial charge in [0.1, 0.15) is 0 Å². The van der Waals surface area contributed by atoms with Crippen molar-refractivity contribution in [3.63, 3.8) is 0 Å². The van der Waals surface area contributed by atoms with Crippen LogP contribution < -0.4 is 5.32 Å². The largest absolute Gasteiger partial charge is 0.348 e. The Morgan fingerprint density at radius 1 is 1.28 bits per heavy atom. The van der Waals surface area contributed by atoms with Gasteiger partial charge >= 0.3 is 0 Å². The molecule has 0 spiro atoms. The molecule has 1 fully saturated rings. The van der Waals surface area contributed by atoms with Gasteiger partial charge in [-0.25, -0.2) is 0 Å². The van der Waals surface area contributed by atoms with Gasteiger partial charge in [0.05, 0.1) is 11.6 Å². The van der Waals surface area contributed by atoms with E-state index in [1.807, 2.05) is 53.7 Å². The molecule has 2 atom stereocenters. The van der Waals surface area contributed by atoms with Crippen molar-refractivity contribution < 1.29 is 9.59 Å². The molecule has 140 valence electrons. The average Bonchev–Trinajstić information content (AvgIpc) is 3.15. The van der Waals surface area contributed by atoms with Crippen LogP contribution in [0, 0.1) is 0 Å². The first kappa shape index (κ1) is 19.5. The van der Waals surface area contributed by atoms with Gasteiger partial charge in [0.2, 0.25) is 5.91 Å². The zero-order valence-electron chi connectivity index (χ0n) is 16.4. The molecule has 6 heteroatoms. The SMILES string of the molecule is CCN(CC)C(=O)[C@@H]1C[C@H](NC(=O)c2ccn(C(C)(C)C)c2)CN1C. The molecule has 0 radical (unpaired) electrons. The highest BCUT2D eigenvalue weighted by molar-refractivity contribution is 5.94. The van der Waals surface area contributed by atoms with Crippen molar-refractivity contribution in [3.8, 4) is 0 Å². The summed E-state index contributed by atoms with van der Waals surface area (Å²) in [6, 6.07) is 1.70. The minimum Gasteiger partial charge on any atom is -0.348 e. The zero-order valence-corrected chi connectivity index (χ0v) is 16.4. The third-order valence-corrected chi connectivity index (χ3v) is 4.97. The van der Waals surface area contributed by atoms with Crippen molar-refractivity contribution in [1.29, 1.82) is 0 Å². The lowest BCUT2D eigenvalue weighted by Gasteiger charge is -2.26. The van der Waals surface area contributed by atoms with E-state index in [0.717, 1.165) is 13.1 Å². The standard InChI is InChI=1S/C19H32N4O2/c1-7-22(8-2)18(25)16-11-15(13-21(16)6)20-17(24)14-9-10-23(12-14)19(3,4)5/h9-10,12,15-16H,7-8,11,13H2,1-6H3,(H,20,24)/t15-,16-/m0/s1. The number of hydrogen-bond acceptors (Lipinski definition) is 3. The van der Waals surface area contributed by atoms with E-state index < -0.39 is 0 Å². The Morgan fingerprint density at radius 3 is 2.44 bits per heavy atom. The topological polar surface area (TPSA) is 57.6 Å². The number of likely N-dealkylation sites (tertiary alicyclic amines) is 1. The highest BCUT2D eigenvalue weighted by atomic mass is 16.2. The van der Waals surface area contributed by atoms with Crippen molar-refractivity contribution in [2.45, 2.75) is 58.7 Å². The second-order valence-corrected chi connectivity index (χ2v) is 7.85. The fourth-order valence-electron chi connectivity index (χ4n) is 3.36. The minimum absolute atomic E-state index is 0.000000945. The number of carbonyl (C=O) groups excluding carboxylic acids is 2. The lowest BCUT2D eigenvalue weighted by molar-refractivity contribution is -0.135.